The lowest BCUT2D eigenvalue weighted by Crippen LogP contribution is -2.37. The van der Waals surface area contributed by atoms with Crippen LogP contribution in [-0.2, 0) is 0 Å². The lowest BCUT2D eigenvalue weighted by Gasteiger charge is -2.27. The van der Waals surface area contributed by atoms with Crippen LogP contribution in [0.4, 0.5) is 0 Å². The summed E-state index contributed by atoms with van der Waals surface area (Å²) < 4.78 is 0. The summed E-state index contributed by atoms with van der Waals surface area (Å²) >= 11 is 0. The van der Waals surface area contributed by atoms with E-state index in [4.69, 9.17) is 5.73 Å². The van der Waals surface area contributed by atoms with Gasteiger partial charge in [-0.1, -0.05) is 31.2 Å². The molecule has 0 radical (unpaired) electrons. The Labute approximate surface area is 118 Å². The van der Waals surface area contributed by atoms with Crippen molar-refractivity contribution in [3.05, 3.63) is 35.4 Å². The second-order valence-corrected chi connectivity index (χ2v) is 5.57. The molecule has 0 heterocycles. The van der Waals surface area contributed by atoms with Crippen LogP contribution in [0.3, 0.4) is 0 Å². The van der Waals surface area contributed by atoms with Gasteiger partial charge in [0.15, 0.2) is 0 Å². The van der Waals surface area contributed by atoms with Gasteiger partial charge in [0.1, 0.15) is 0 Å². The molecule has 0 spiro atoms. The second kappa shape index (κ2) is 8.31. The molecule has 3 heteroatoms. The van der Waals surface area contributed by atoms with Crippen molar-refractivity contribution in [2.75, 3.05) is 40.3 Å². The number of nitrogens with two attached hydrogens (primary N) is 1. The predicted octanol–water partition coefficient (Wildman–Crippen LogP) is 2.27. The smallest absolute Gasteiger partial charge is 0.0426 e. The zero-order chi connectivity index (χ0) is 14.3. The molecular formula is C16H29N3. The summed E-state index contributed by atoms with van der Waals surface area (Å²) in [4.78, 5) is 4.69. The summed E-state index contributed by atoms with van der Waals surface area (Å²) in [5.41, 5.74) is 8.94. The van der Waals surface area contributed by atoms with Gasteiger partial charge in [-0.15, -0.1) is 0 Å². The molecule has 0 saturated carbocycles. The minimum atomic E-state index is 0.106. The number of hydrogen-bond donors (Lipinski definition) is 1. The van der Waals surface area contributed by atoms with Crippen molar-refractivity contribution in [3.63, 3.8) is 0 Å². The van der Waals surface area contributed by atoms with Gasteiger partial charge in [0.25, 0.3) is 0 Å². The first-order valence-corrected chi connectivity index (χ1v) is 7.22. The Hall–Kier alpha value is -0.900. The molecule has 0 aromatic heterocycles. The van der Waals surface area contributed by atoms with E-state index < -0.39 is 0 Å². The molecule has 1 aromatic rings. The van der Waals surface area contributed by atoms with Gasteiger partial charge in [-0.2, -0.15) is 0 Å². The fraction of sp³-hybridized carbons (Fsp3) is 0.625. The predicted molar refractivity (Wildman–Crippen MR) is 83.4 cm³/mol. The Morgan fingerprint density at radius 3 is 2.37 bits per heavy atom. The Kier molecular flexibility index (Phi) is 7.06. The van der Waals surface area contributed by atoms with Crippen molar-refractivity contribution < 1.29 is 0 Å². The summed E-state index contributed by atoms with van der Waals surface area (Å²) in [6.07, 6.45) is 1.17. The lowest BCUT2D eigenvalue weighted by molar-refractivity contribution is 0.229. The number of nitrogens with zero attached hydrogens (tertiary/aromatic N) is 2. The van der Waals surface area contributed by atoms with Crippen LogP contribution >= 0.6 is 0 Å². The van der Waals surface area contributed by atoms with Gasteiger partial charge < -0.3 is 15.5 Å². The summed E-state index contributed by atoms with van der Waals surface area (Å²) in [5, 5.41) is 0. The van der Waals surface area contributed by atoms with E-state index in [9.17, 15) is 0 Å². The van der Waals surface area contributed by atoms with E-state index in [-0.39, 0.29) is 6.04 Å². The zero-order valence-electron chi connectivity index (χ0n) is 12.9. The van der Waals surface area contributed by atoms with Crippen molar-refractivity contribution in [1.29, 1.82) is 0 Å². The van der Waals surface area contributed by atoms with Crippen molar-refractivity contribution in [3.8, 4) is 0 Å². The fourth-order valence-corrected chi connectivity index (χ4v) is 2.33. The molecule has 0 fully saturated rings. The molecule has 108 valence electrons. The monoisotopic (exact) mass is 263 g/mol. The van der Waals surface area contributed by atoms with Crippen LogP contribution in [0.25, 0.3) is 0 Å². The highest BCUT2D eigenvalue weighted by atomic mass is 15.2. The highest BCUT2D eigenvalue weighted by Gasteiger charge is 2.13. The van der Waals surface area contributed by atoms with E-state index in [1.807, 2.05) is 0 Å². The molecule has 1 unspecified atom stereocenters. The molecule has 1 aromatic carbocycles. The number of rotatable bonds is 8. The van der Waals surface area contributed by atoms with Crippen molar-refractivity contribution >= 4 is 0 Å². The van der Waals surface area contributed by atoms with Gasteiger partial charge in [-0.3, -0.25) is 0 Å². The quantitative estimate of drug-likeness (QED) is 0.781. The standard InChI is InChI=1S/C16H29N3/c1-5-10-19(12-11-18(3)4)13-16(17)15-9-7-6-8-14(15)2/h6-9,16H,5,10-13,17H2,1-4H3. The number of likely N-dealkylation sites (N-methyl/N-ethyl adjacent to an activating group) is 1. The van der Waals surface area contributed by atoms with Crippen LogP contribution < -0.4 is 5.73 Å². The third-order valence-corrected chi connectivity index (χ3v) is 3.45. The van der Waals surface area contributed by atoms with E-state index in [1.54, 1.807) is 0 Å². The molecule has 0 bridgehead atoms. The average Bonchev–Trinajstić information content (AvgIpc) is 2.36. The maximum Gasteiger partial charge on any atom is 0.0426 e. The SMILES string of the molecule is CCCN(CCN(C)C)CC(N)c1ccccc1C. The first-order chi connectivity index (χ1) is 9.04. The van der Waals surface area contributed by atoms with E-state index in [2.05, 4.69) is 62.0 Å². The Bertz CT molecular complexity index is 363. The van der Waals surface area contributed by atoms with E-state index in [1.165, 1.54) is 17.5 Å². The summed E-state index contributed by atoms with van der Waals surface area (Å²) in [6, 6.07) is 8.54. The Balaban J connectivity index is 2.60. The minimum absolute atomic E-state index is 0.106. The van der Waals surface area contributed by atoms with E-state index >= 15 is 0 Å². The lowest BCUT2D eigenvalue weighted by atomic mass is 10.0. The highest BCUT2D eigenvalue weighted by Crippen LogP contribution is 2.16. The van der Waals surface area contributed by atoms with Crippen molar-refractivity contribution in [2.24, 2.45) is 5.73 Å². The minimum Gasteiger partial charge on any atom is -0.323 e. The molecule has 19 heavy (non-hydrogen) atoms. The summed E-state index contributed by atoms with van der Waals surface area (Å²) in [5.74, 6) is 0. The molecule has 0 aliphatic carbocycles. The van der Waals surface area contributed by atoms with Crippen LogP contribution in [0.5, 0.6) is 0 Å². The molecular weight excluding hydrogens is 234 g/mol. The van der Waals surface area contributed by atoms with Crippen LogP contribution in [0.1, 0.15) is 30.5 Å². The number of benzene rings is 1. The van der Waals surface area contributed by atoms with Crippen molar-refractivity contribution in [1.82, 2.24) is 9.80 Å². The average molecular weight is 263 g/mol. The Morgan fingerprint density at radius 2 is 1.79 bits per heavy atom. The van der Waals surface area contributed by atoms with E-state index in [0.717, 1.165) is 26.2 Å². The first-order valence-electron chi connectivity index (χ1n) is 7.22. The summed E-state index contributed by atoms with van der Waals surface area (Å²) in [6.45, 7) is 8.59. The molecule has 0 amide bonds. The third kappa shape index (κ3) is 5.72. The topological polar surface area (TPSA) is 32.5 Å². The largest absolute Gasteiger partial charge is 0.323 e. The van der Waals surface area contributed by atoms with Crippen molar-refractivity contribution in [2.45, 2.75) is 26.3 Å². The van der Waals surface area contributed by atoms with Crippen LogP contribution in [0, 0.1) is 6.92 Å². The van der Waals surface area contributed by atoms with Gasteiger partial charge in [0.05, 0.1) is 0 Å². The fourth-order valence-electron chi connectivity index (χ4n) is 2.33. The van der Waals surface area contributed by atoms with E-state index in [0.29, 0.717) is 0 Å². The normalized spacial score (nSPS) is 13.2. The van der Waals surface area contributed by atoms with Gasteiger partial charge in [-0.25, -0.2) is 0 Å². The molecule has 0 aliphatic rings. The van der Waals surface area contributed by atoms with Gasteiger partial charge in [-0.05, 0) is 45.1 Å². The second-order valence-electron chi connectivity index (χ2n) is 5.57. The first kappa shape index (κ1) is 16.2. The molecule has 0 aliphatic heterocycles. The highest BCUT2D eigenvalue weighted by molar-refractivity contribution is 5.28. The van der Waals surface area contributed by atoms with Crippen LogP contribution in [-0.4, -0.2) is 50.1 Å². The number of aryl methyl sites for hydroxylation is 1. The van der Waals surface area contributed by atoms with Gasteiger partial charge in [0.2, 0.25) is 0 Å². The summed E-state index contributed by atoms with van der Waals surface area (Å²) in [7, 11) is 4.23. The van der Waals surface area contributed by atoms with Crippen LogP contribution in [0.2, 0.25) is 0 Å². The molecule has 1 atom stereocenters. The molecule has 0 saturated heterocycles. The van der Waals surface area contributed by atoms with Gasteiger partial charge in [0, 0.05) is 25.7 Å². The Morgan fingerprint density at radius 1 is 1.11 bits per heavy atom. The van der Waals surface area contributed by atoms with Crippen LogP contribution in [0.15, 0.2) is 24.3 Å². The molecule has 1 rings (SSSR count). The number of hydrogen-bond acceptors (Lipinski definition) is 3. The maximum atomic E-state index is 6.38. The van der Waals surface area contributed by atoms with Gasteiger partial charge >= 0.3 is 0 Å². The molecule has 2 N–H and O–H groups in total. The molecule has 3 nitrogen and oxygen atoms in total. The maximum absolute atomic E-state index is 6.38. The zero-order valence-corrected chi connectivity index (χ0v) is 12.9. The third-order valence-electron chi connectivity index (χ3n) is 3.45.